The largest absolute Gasteiger partial charge is 0.493 e. The van der Waals surface area contributed by atoms with Gasteiger partial charge in [0, 0.05) is 13.1 Å². The molecular formula is C22H23F2N3O5. The van der Waals surface area contributed by atoms with Crippen LogP contribution in [0, 0.1) is 0 Å². The summed E-state index contributed by atoms with van der Waals surface area (Å²) in [6.45, 7) is -1.17. The number of carbonyl (C=O) groups is 1. The average Bonchev–Trinajstić information content (AvgIpc) is 2.77. The SMILES string of the molecule is CCn1c(=O)c2ccccc2n(CC(=O)NCCc2ccc(OC)c(OC(F)F)c2)c1=O. The molecule has 3 rings (SSSR count). The number of nitrogens with zero attached hydrogens (tertiary/aromatic N) is 2. The molecule has 2 aromatic carbocycles. The van der Waals surface area contributed by atoms with Crippen molar-refractivity contribution < 1.29 is 23.0 Å². The number of nitrogens with one attached hydrogen (secondary N) is 1. The van der Waals surface area contributed by atoms with Crippen molar-refractivity contribution in [3.05, 3.63) is 68.9 Å². The van der Waals surface area contributed by atoms with Crippen LogP contribution in [0.15, 0.2) is 52.1 Å². The number of fused-ring (bicyclic) bond motifs is 1. The van der Waals surface area contributed by atoms with E-state index in [1.165, 1.54) is 23.8 Å². The van der Waals surface area contributed by atoms with E-state index in [0.717, 1.165) is 4.57 Å². The normalized spacial score (nSPS) is 11.0. The fourth-order valence-electron chi connectivity index (χ4n) is 3.41. The number of para-hydroxylation sites is 1. The highest BCUT2D eigenvalue weighted by Crippen LogP contribution is 2.29. The predicted octanol–water partition coefficient (Wildman–Crippen LogP) is 2.15. The van der Waals surface area contributed by atoms with E-state index in [4.69, 9.17) is 4.74 Å². The highest BCUT2D eigenvalue weighted by Gasteiger charge is 2.15. The van der Waals surface area contributed by atoms with Gasteiger partial charge < -0.3 is 14.8 Å². The van der Waals surface area contributed by atoms with E-state index in [2.05, 4.69) is 10.1 Å². The maximum Gasteiger partial charge on any atom is 0.387 e. The molecule has 3 aromatic rings. The van der Waals surface area contributed by atoms with Crippen LogP contribution in [0.3, 0.4) is 0 Å². The molecule has 8 nitrogen and oxygen atoms in total. The third-order valence-electron chi connectivity index (χ3n) is 4.93. The lowest BCUT2D eigenvalue weighted by Crippen LogP contribution is -2.42. The number of rotatable bonds is 9. The van der Waals surface area contributed by atoms with Crippen molar-refractivity contribution in [3.63, 3.8) is 0 Å². The molecule has 0 saturated heterocycles. The fraction of sp³-hybridized carbons (Fsp3) is 0.318. The summed E-state index contributed by atoms with van der Waals surface area (Å²) in [6.07, 6.45) is 0.347. The second-order valence-electron chi connectivity index (χ2n) is 6.90. The van der Waals surface area contributed by atoms with Crippen molar-refractivity contribution in [2.45, 2.75) is 33.0 Å². The summed E-state index contributed by atoms with van der Waals surface area (Å²) in [5.74, 6) is -0.335. The molecule has 0 bridgehead atoms. The van der Waals surface area contributed by atoms with Gasteiger partial charge in [-0.25, -0.2) is 4.79 Å². The van der Waals surface area contributed by atoms with Crippen molar-refractivity contribution >= 4 is 16.8 Å². The van der Waals surface area contributed by atoms with Gasteiger partial charge in [0.15, 0.2) is 11.5 Å². The van der Waals surface area contributed by atoms with Crippen LogP contribution in [0.4, 0.5) is 8.78 Å². The van der Waals surface area contributed by atoms with E-state index in [-0.39, 0.29) is 31.1 Å². The molecule has 0 aliphatic rings. The molecule has 1 N–H and O–H groups in total. The Bertz CT molecular complexity index is 1240. The number of aromatic nitrogens is 2. The van der Waals surface area contributed by atoms with Gasteiger partial charge >= 0.3 is 12.3 Å². The van der Waals surface area contributed by atoms with Crippen LogP contribution in [-0.2, 0) is 24.3 Å². The summed E-state index contributed by atoms with van der Waals surface area (Å²) in [6, 6.07) is 11.2. The Hall–Kier alpha value is -3.69. The third-order valence-corrected chi connectivity index (χ3v) is 4.93. The lowest BCUT2D eigenvalue weighted by atomic mass is 10.1. The van der Waals surface area contributed by atoms with Crippen LogP contribution < -0.4 is 26.0 Å². The number of hydrogen-bond donors (Lipinski definition) is 1. The average molecular weight is 447 g/mol. The zero-order chi connectivity index (χ0) is 23.3. The molecule has 1 aromatic heterocycles. The molecular weight excluding hydrogens is 424 g/mol. The van der Waals surface area contributed by atoms with E-state index in [1.54, 1.807) is 37.3 Å². The summed E-state index contributed by atoms with van der Waals surface area (Å²) >= 11 is 0. The minimum atomic E-state index is -2.99. The first-order valence-electron chi connectivity index (χ1n) is 9.96. The van der Waals surface area contributed by atoms with Crippen molar-refractivity contribution in [2.24, 2.45) is 0 Å². The number of ether oxygens (including phenoxy) is 2. The predicted molar refractivity (Wildman–Crippen MR) is 114 cm³/mol. The van der Waals surface area contributed by atoms with Crippen molar-refractivity contribution in [1.82, 2.24) is 14.5 Å². The Morgan fingerprint density at radius 3 is 2.53 bits per heavy atom. The monoisotopic (exact) mass is 447 g/mol. The van der Waals surface area contributed by atoms with Gasteiger partial charge in [0.1, 0.15) is 6.54 Å². The van der Waals surface area contributed by atoms with Gasteiger partial charge in [-0.2, -0.15) is 8.78 Å². The minimum absolute atomic E-state index is 0.0915. The Balaban J connectivity index is 1.72. The number of halogens is 2. The van der Waals surface area contributed by atoms with Gasteiger partial charge in [-0.15, -0.1) is 0 Å². The number of carbonyl (C=O) groups excluding carboxylic acids is 1. The molecule has 0 atom stereocenters. The fourth-order valence-corrected chi connectivity index (χ4v) is 3.41. The maximum absolute atomic E-state index is 12.7. The number of methoxy groups -OCH3 is 1. The number of benzene rings is 2. The third kappa shape index (κ3) is 4.96. The second-order valence-corrected chi connectivity index (χ2v) is 6.90. The topological polar surface area (TPSA) is 91.6 Å². The van der Waals surface area contributed by atoms with E-state index >= 15 is 0 Å². The van der Waals surface area contributed by atoms with Crippen LogP contribution in [0.2, 0.25) is 0 Å². The summed E-state index contributed by atoms with van der Waals surface area (Å²) in [4.78, 5) is 37.7. The summed E-state index contributed by atoms with van der Waals surface area (Å²) < 4.78 is 36.9. The molecule has 0 radical (unpaired) electrons. The first-order chi connectivity index (χ1) is 15.3. The zero-order valence-electron chi connectivity index (χ0n) is 17.6. The molecule has 0 fully saturated rings. The quantitative estimate of drug-likeness (QED) is 0.543. The van der Waals surface area contributed by atoms with Crippen molar-refractivity contribution in [1.29, 1.82) is 0 Å². The standard InChI is InChI=1S/C22H23F2N3O5/c1-3-26-20(29)15-6-4-5-7-16(15)27(22(26)30)13-19(28)25-11-10-14-8-9-17(31-2)18(12-14)32-21(23)24/h4-9,12,21H,3,10-11,13H2,1-2H3,(H,25,28). The summed E-state index contributed by atoms with van der Waals surface area (Å²) in [5, 5.41) is 3.06. The highest BCUT2D eigenvalue weighted by molar-refractivity contribution is 5.81. The first kappa shape index (κ1) is 23.0. The molecule has 0 spiro atoms. The molecule has 0 aliphatic heterocycles. The van der Waals surface area contributed by atoms with Crippen LogP contribution in [0.25, 0.3) is 10.9 Å². The molecule has 10 heteroatoms. The molecule has 32 heavy (non-hydrogen) atoms. The van der Waals surface area contributed by atoms with E-state index in [0.29, 0.717) is 22.9 Å². The van der Waals surface area contributed by atoms with Gasteiger partial charge in [-0.05, 0) is 43.2 Å². The minimum Gasteiger partial charge on any atom is -0.493 e. The second kappa shape index (κ2) is 10.1. The van der Waals surface area contributed by atoms with Gasteiger partial charge in [0.05, 0.1) is 18.0 Å². The Morgan fingerprint density at radius 2 is 1.84 bits per heavy atom. The molecule has 170 valence electrons. The van der Waals surface area contributed by atoms with Gasteiger partial charge in [-0.3, -0.25) is 18.7 Å². The number of alkyl halides is 2. The van der Waals surface area contributed by atoms with Gasteiger partial charge in [-0.1, -0.05) is 18.2 Å². The van der Waals surface area contributed by atoms with E-state index in [1.807, 2.05) is 0 Å². The van der Waals surface area contributed by atoms with Crippen molar-refractivity contribution in [2.75, 3.05) is 13.7 Å². The summed E-state index contributed by atoms with van der Waals surface area (Å²) in [5.41, 5.74) is 0.0802. The number of amides is 1. The van der Waals surface area contributed by atoms with Crippen LogP contribution in [0.5, 0.6) is 11.5 Å². The van der Waals surface area contributed by atoms with E-state index in [9.17, 15) is 23.2 Å². The molecule has 0 aliphatic carbocycles. The van der Waals surface area contributed by atoms with Crippen molar-refractivity contribution in [3.8, 4) is 11.5 Å². The molecule has 0 unspecified atom stereocenters. The lowest BCUT2D eigenvalue weighted by Gasteiger charge is -2.14. The van der Waals surface area contributed by atoms with E-state index < -0.39 is 23.8 Å². The lowest BCUT2D eigenvalue weighted by molar-refractivity contribution is -0.121. The summed E-state index contributed by atoms with van der Waals surface area (Å²) in [7, 11) is 1.35. The Kier molecular flexibility index (Phi) is 7.24. The molecule has 1 amide bonds. The Labute approximate surface area is 182 Å². The first-order valence-corrected chi connectivity index (χ1v) is 9.96. The Morgan fingerprint density at radius 1 is 1.09 bits per heavy atom. The van der Waals surface area contributed by atoms with Crippen LogP contribution >= 0.6 is 0 Å². The molecule has 1 heterocycles. The smallest absolute Gasteiger partial charge is 0.387 e. The van der Waals surface area contributed by atoms with Gasteiger partial charge in [0.25, 0.3) is 5.56 Å². The van der Waals surface area contributed by atoms with Crippen LogP contribution in [-0.4, -0.2) is 35.3 Å². The number of hydrogen-bond acceptors (Lipinski definition) is 5. The molecule has 0 saturated carbocycles. The highest BCUT2D eigenvalue weighted by atomic mass is 19.3. The zero-order valence-corrected chi connectivity index (χ0v) is 17.6. The van der Waals surface area contributed by atoms with Crippen LogP contribution in [0.1, 0.15) is 12.5 Å². The maximum atomic E-state index is 12.7. The van der Waals surface area contributed by atoms with Gasteiger partial charge in [0.2, 0.25) is 5.91 Å².